The SMILES string of the molecule is CCCCCCCCCNC(=O)CP(CCC[P+](CC(=O)NCCCCCCCCC)(c1ccccc1)c1ccccc1)c1ccccc1.COCl.COCl. The van der Waals surface area contributed by atoms with Crippen LogP contribution in [-0.2, 0) is 18.2 Å². The normalized spacial score (nSPS) is 11.4. The average Bonchev–Trinajstić information content (AvgIpc) is 3.20. The maximum absolute atomic E-state index is 13.7. The monoisotopic (exact) mass is 835 g/mol. The minimum absolute atomic E-state index is 0.169. The van der Waals surface area contributed by atoms with E-state index >= 15 is 0 Å². The molecule has 2 N–H and O–H groups in total. The highest BCUT2D eigenvalue weighted by atomic mass is 35.5. The van der Waals surface area contributed by atoms with Crippen LogP contribution in [0.25, 0.3) is 0 Å². The highest BCUT2D eigenvalue weighted by Gasteiger charge is 2.44. The van der Waals surface area contributed by atoms with Crippen molar-refractivity contribution in [2.75, 3.05) is 52.0 Å². The van der Waals surface area contributed by atoms with Gasteiger partial charge in [0.1, 0.15) is 6.16 Å². The molecule has 0 aliphatic rings. The van der Waals surface area contributed by atoms with E-state index in [2.05, 4.69) is 148 Å². The largest absolute Gasteiger partial charge is 0.356 e. The number of amides is 2. The first-order valence-corrected chi connectivity index (χ1v) is 25.0. The fourth-order valence-corrected chi connectivity index (χ4v) is 13.3. The molecule has 3 rings (SSSR count). The quantitative estimate of drug-likeness (QED) is 0.0592. The van der Waals surface area contributed by atoms with E-state index in [4.69, 9.17) is 0 Å². The number of rotatable bonds is 27. The molecule has 0 bridgehead atoms. The summed E-state index contributed by atoms with van der Waals surface area (Å²) in [6, 6.07) is 32.2. The second-order valence-corrected chi connectivity index (χ2v) is 20.6. The zero-order valence-corrected chi connectivity index (χ0v) is 37.6. The van der Waals surface area contributed by atoms with Crippen LogP contribution in [0.4, 0.5) is 0 Å². The summed E-state index contributed by atoms with van der Waals surface area (Å²) in [7, 11) is 0.0745. The molecule has 0 aromatic heterocycles. The van der Waals surface area contributed by atoms with E-state index in [0.29, 0.717) is 12.3 Å². The molecule has 6 nitrogen and oxygen atoms in total. The van der Waals surface area contributed by atoms with Gasteiger partial charge in [0, 0.05) is 13.1 Å². The van der Waals surface area contributed by atoms with E-state index in [1.807, 2.05) is 0 Å². The predicted octanol–water partition coefficient (Wildman–Crippen LogP) is 11.2. The summed E-state index contributed by atoms with van der Waals surface area (Å²) in [5, 5.41) is 10.4. The molecule has 1 unspecified atom stereocenters. The topological polar surface area (TPSA) is 76.7 Å². The molecule has 0 heterocycles. The van der Waals surface area contributed by atoms with Crippen molar-refractivity contribution in [1.82, 2.24) is 10.6 Å². The van der Waals surface area contributed by atoms with Gasteiger partial charge in [-0.05, 0) is 55.0 Å². The standard InChI is InChI=1S/C43H64N2O2P2.2CH3ClO/c1-3-5-7-9-11-13-24-33-44-42(46)37-48(39-27-18-15-19-28-39)35-26-36-49(40-29-20-16-21-30-40,41-31-22-17-23-32-41)38-43(47)45-34-25-14-12-10-8-6-4-2;2*1-3-2/h15-23,27-32H,3-14,24-26,33-38H2,1-2H3,(H-,44,45,46,47);2*1H3/p+1. The van der Waals surface area contributed by atoms with Crippen molar-refractivity contribution < 1.29 is 18.2 Å². The smallest absolute Gasteiger partial charge is 0.258 e. The van der Waals surface area contributed by atoms with Crippen LogP contribution in [-0.4, -0.2) is 63.8 Å². The molecular weight excluding hydrogens is 765 g/mol. The van der Waals surface area contributed by atoms with Gasteiger partial charge in [-0.2, -0.15) is 0 Å². The molecule has 0 saturated heterocycles. The van der Waals surface area contributed by atoms with Crippen LogP contribution in [0.1, 0.15) is 110 Å². The van der Waals surface area contributed by atoms with E-state index in [0.717, 1.165) is 44.7 Å². The lowest BCUT2D eigenvalue weighted by Gasteiger charge is -2.28. The van der Waals surface area contributed by atoms with Crippen LogP contribution in [0, 0.1) is 0 Å². The van der Waals surface area contributed by atoms with Gasteiger partial charge >= 0.3 is 0 Å². The third-order valence-electron chi connectivity index (χ3n) is 9.54. The van der Waals surface area contributed by atoms with Crippen LogP contribution < -0.4 is 26.5 Å². The Morgan fingerprint density at radius 2 is 0.945 bits per heavy atom. The van der Waals surface area contributed by atoms with Gasteiger partial charge in [-0.25, -0.2) is 0 Å². The van der Waals surface area contributed by atoms with Crippen molar-refractivity contribution in [3.8, 4) is 0 Å². The van der Waals surface area contributed by atoms with Crippen LogP contribution in [0.5, 0.6) is 0 Å². The van der Waals surface area contributed by atoms with E-state index in [9.17, 15) is 9.59 Å². The second-order valence-electron chi connectivity index (χ2n) is 13.9. The van der Waals surface area contributed by atoms with E-state index in [-0.39, 0.29) is 11.8 Å². The van der Waals surface area contributed by atoms with Gasteiger partial charge in [0.05, 0.1) is 68.1 Å². The van der Waals surface area contributed by atoms with Gasteiger partial charge in [0.15, 0.2) is 0 Å². The second kappa shape index (κ2) is 35.1. The van der Waals surface area contributed by atoms with Gasteiger partial charge in [-0.15, -0.1) is 0 Å². The zero-order valence-electron chi connectivity index (χ0n) is 34.3. The van der Waals surface area contributed by atoms with E-state index in [1.54, 1.807) is 0 Å². The number of carbonyl (C=O) groups excluding carboxylic acids is 2. The van der Waals surface area contributed by atoms with Crippen molar-refractivity contribution in [2.24, 2.45) is 0 Å². The lowest BCUT2D eigenvalue weighted by molar-refractivity contribution is -0.119. The van der Waals surface area contributed by atoms with Crippen LogP contribution in [0.3, 0.4) is 0 Å². The van der Waals surface area contributed by atoms with Crippen LogP contribution >= 0.6 is 38.9 Å². The molecule has 308 valence electrons. The molecule has 1 atom stereocenters. The number of unbranched alkanes of at least 4 members (excludes halogenated alkanes) is 12. The molecule has 55 heavy (non-hydrogen) atoms. The van der Waals surface area contributed by atoms with Crippen molar-refractivity contribution in [3.05, 3.63) is 91.0 Å². The maximum atomic E-state index is 13.7. The summed E-state index contributed by atoms with van der Waals surface area (Å²) in [4.78, 5) is 26.9. The van der Waals surface area contributed by atoms with Gasteiger partial charge in [-0.1, -0.05) is 166 Å². The summed E-state index contributed by atoms with van der Waals surface area (Å²) >= 11 is 9.00. The molecule has 0 fully saturated rings. The molecular formula is C45H71Cl2N2O4P2+. The summed E-state index contributed by atoms with van der Waals surface area (Å²) in [5.74, 6) is 0.347. The van der Waals surface area contributed by atoms with Gasteiger partial charge < -0.3 is 10.6 Å². The molecule has 0 saturated carbocycles. The minimum Gasteiger partial charge on any atom is -0.356 e. The first-order valence-electron chi connectivity index (χ1n) is 20.5. The number of halogens is 2. The molecule has 0 spiro atoms. The minimum atomic E-state index is -2.05. The van der Waals surface area contributed by atoms with Gasteiger partial charge in [-0.3, -0.25) is 18.2 Å². The molecule has 0 aliphatic carbocycles. The third-order valence-corrected chi connectivity index (χ3v) is 16.6. The maximum Gasteiger partial charge on any atom is 0.258 e. The van der Waals surface area contributed by atoms with Crippen LogP contribution in [0.2, 0.25) is 0 Å². The molecule has 2 amide bonds. The third kappa shape index (κ3) is 23.7. The number of nitrogens with one attached hydrogen (secondary N) is 2. The first kappa shape index (κ1) is 51.0. The summed E-state index contributed by atoms with van der Waals surface area (Å²) in [5.41, 5.74) is 0. The lowest BCUT2D eigenvalue weighted by Crippen LogP contribution is -2.36. The van der Waals surface area contributed by atoms with Gasteiger partial charge in [0.25, 0.3) is 5.91 Å². The van der Waals surface area contributed by atoms with E-state index in [1.165, 1.54) is 107 Å². The van der Waals surface area contributed by atoms with Crippen molar-refractivity contribution in [2.45, 2.75) is 110 Å². The summed E-state index contributed by atoms with van der Waals surface area (Å²) in [6.07, 6.45) is 21.4. The van der Waals surface area contributed by atoms with Crippen molar-refractivity contribution in [1.29, 1.82) is 0 Å². The Balaban J connectivity index is 0.00000236. The molecule has 3 aromatic carbocycles. The van der Waals surface area contributed by atoms with Crippen molar-refractivity contribution >= 4 is 66.6 Å². The summed E-state index contributed by atoms with van der Waals surface area (Å²) in [6.45, 7) is 6.03. The fraction of sp³-hybridized carbons (Fsp3) is 0.556. The van der Waals surface area contributed by atoms with Gasteiger partial charge in [0.2, 0.25) is 5.91 Å². The Hall–Kier alpha value is -2.04. The molecule has 0 aliphatic heterocycles. The Bertz CT molecular complexity index is 1280. The highest BCUT2D eigenvalue weighted by molar-refractivity contribution is 7.90. The summed E-state index contributed by atoms with van der Waals surface area (Å²) < 4.78 is 7.44. The lowest BCUT2D eigenvalue weighted by atomic mass is 10.1. The van der Waals surface area contributed by atoms with E-state index < -0.39 is 15.2 Å². The average molecular weight is 837 g/mol. The predicted molar refractivity (Wildman–Crippen MR) is 244 cm³/mol. The first-order chi connectivity index (χ1) is 26.9. The Morgan fingerprint density at radius 3 is 1.38 bits per heavy atom. The van der Waals surface area contributed by atoms with Crippen molar-refractivity contribution in [3.63, 3.8) is 0 Å². The molecule has 10 heteroatoms. The zero-order chi connectivity index (χ0) is 40.2. The number of carbonyl (C=O) groups is 2. The van der Waals surface area contributed by atoms with Crippen LogP contribution in [0.15, 0.2) is 91.0 Å². The number of hydrogen-bond acceptors (Lipinski definition) is 4. The Morgan fingerprint density at radius 1 is 0.564 bits per heavy atom. The Kier molecular flexibility index (Phi) is 32.6. The Labute approximate surface area is 347 Å². The number of benzene rings is 3. The molecule has 0 radical (unpaired) electrons. The highest BCUT2D eigenvalue weighted by Crippen LogP contribution is 2.57. The fourth-order valence-electron chi connectivity index (χ4n) is 6.72. The molecule has 3 aromatic rings. The number of hydrogen-bond donors (Lipinski definition) is 2.